The minimum atomic E-state index is 0.000180. The van der Waals surface area contributed by atoms with Crippen molar-refractivity contribution in [3.63, 3.8) is 0 Å². The van der Waals surface area contributed by atoms with Crippen LogP contribution in [0.4, 0.5) is 5.69 Å². The molecule has 0 saturated heterocycles. The number of carbonyl (C=O) groups is 1. The SMILES string of the molecule is CC.CCCCc1oc2ccc(NSC)cc2c1C(=O)c1ccc(OCCCN(CCCC)CCCC)cc1. The van der Waals surface area contributed by atoms with E-state index in [1.165, 1.54) is 50.7 Å². The second-order valence-corrected chi connectivity index (χ2v) is 10.2. The standard InChI is InChI=1S/C31H44N2O3S.C2H6/c1-5-8-12-29-30(27-23-25(32-37-4)15-18-28(27)36-29)31(34)24-13-16-26(17-14-24)35-22-11-21-33(19-9-6-2)20-10-7-3;1-2/h13-18,23,32H,5-12,19-22H2,1-4H3;1-2H3. The number of furan rings is 1. The van der Waals surface area contributed by atoms with Crippen molar-refractivity contribution >= 4 is 34.4 Å². The molecular formula is C33H50N2O3S. The molecule has 0 aliphatic rings. The van der Waals surface area contributed by atoms with Gasteiger partial charge < -0.3 is 18.8 Å². The van der Waals surface area contributed by atoms with Gasteiger partial charge in [0.25, 0.3) is 0 Å². The maximum absolute atomic E-state index is 13.7. The number of hydrogen-bond acceptors (Lipinski definition) is 6. The molecule has 216 valence electrons. The van der Waals surface area contributed by atoms with Gasteiger partial charge >= 0.3 is 0 Å². The van der Waals surface area contributed by atoms with Crippen LogP contribution >= 0.6 is 11.9 Å². The van der Waals surface area contributed by atoms with Gasteiger partial charge in [0, 0.05) is 35.9 Å². The van der Waals surface area contributed by atoms with Gasteiger partial charge in [-0.1, -0.05) is 65.8 Å². The molecule has 1 heterocycles. The van der Waals surface area contributed by atoms with Gasteiger partial charge in [-0.25, -0.2) is 0 Å². The number of ketones is 1. The molecular weight excluding hydrogens is 504 g/mol. The summed E-state index contributed by atoms with van der Waals surface area (Å²) in [6.45, 7) is 14.7. The maximum Gasteiger partial charge on any atom is 0.197 e. The Morgan fingerprint density at radius 1 is 0.897 bits per heavy atom. The summed E-state index contributed by atoms with van der Waals surface area (Å²) in [7, 11) is 0. The van der Waals surface area contributed by atoms with Crippen LogP contribution < -0.4 is 9.46 Å². The average Bonchev–Trinajstić information content (AvgIpc) is 3.33. The van der Waals surface area contributed by atoms with Crippen molar-refractivity contribution in [3.8, 4) is 5.75 Å². The van der Waals surface area contributed by atoms with Crippen molar-refractivity contribution in [2.75, 3.05) is 37.2 Å². The second-order valence-electron chi connectivity index (χ2n) is 9.63. The van der Waals surface area contributed by atoms with Gasteiger partial charge in [-0.3, -0.25) is 4.79 Å². The molecule has 0 spiro atoms. The van der Waals surface area contributed by atoms with Crippen LogP contribution in [-0.4, -0.2) is 43.2 Å². The summed E-state index contributed by atoms with van der Waals surface area (Å²) in [5.74, 6) is 1.58. The lowest BCUT2D eigenvalue weighted by atomic mass is 9.98. The summed E-state index contributed by atoms with van der Waals surface area (Å²) in [4.78, 5) is 16.2. The largest absolute Gasteiger partial charge is 0.494 e. The molecule has 0 amide bonds. The Balaban J connectivity index is 0.00000260. The van der Waals surface area contributed by atoms with E-state index >= 15 is 0 Å². The zero-order valence-corrected chi connectivity index (χ0v) is 25.9. The van der Waals surface area contributed by atoms with E-state index in [2.05, 4.69) is 30.4 Å². The summed E-state index contributed by atoms with van der Waals surface area (Å²) >= 11 is 1.53. The number of benzene rings is 2. The number of nitrogens with zero attached hydrogens (tertiary/aromatic N) is 1. The van der Waals surface area contributed by atoms with Crippen molar-refractivity contribution in [3.05, 3.63) is 59.4 Å². The van der Waals surface area contributed by atoms with Crippen LogP contribution in [0.5, 0.6) is 5.75 Å². The lowest BCUT2D eigenvalue weighted by molar-refractivity contribution is 0.103. The lowest BCUT2D eigenvalue weighted by Gasteiger charge is -2.21. The Kier molecular flexibility index (Phi) is 15.8. The van der Waals surface area contributed by atoms with E-state index in [1.807, 2.05) is 62.6 Å². The fourth-order valence-electron chi connectivity index (χ4n) is 4.52. The van der Waals surface area contributed by atoms with Gasteiger partial charge in [0.1, 0.15) is 17.1 Å². The number of rotatable bonds is 18. The third kappa shape index (κ3) is 10.2. The fourth-order valence-corrected chi connectivity index (χ4v) is 4.88. The summed E-state index contributed by atoms with van der Waals surface area (Å²) in [5, 5.41) is 0.867. The summed E-state index contributed by atoms with van der Waals surface area (Å²) in [5.41, 5.74) is 3.05. The smallest absolute Gasteiger partial charge is 0.197 e. The number of nitrogens with one attached hydrogen (secondary N) is 1. The van der Waals surface area contributed by atoms with E-state index in [-0.39, 0.29) is 5.78 Å². The van der Waals surface area contributed by atoms with Crippen LogP contribution in [0.25, 0.3) is 11.0 Å². The van der Waals surface area contributed by atoms with Crippen LogP contribution in [-0.2, 0) is 6.42 Å². The quantitative estimate of drug-likeness (QED) is 0.0960. The highest BCUT2D eigenvalue weighted by molar-refractivity contribution is 7.99. The molecule has 2 aromatic carbocycles. The Morgan fingerprint density at radius 3 is 2.15 bits per heavy atom. The van der Waals surface area contributed by atoms with Crippen LogP contribution in [0.2, 0.25) is 0 Å². The zero-order valence-electron chi connectivity index (χ0n) is 25.1. The number of anilines is 1. The van der Waals surface area contributed by atoms with Gasteiger partial charge in [-0.15, -0.1) is 0 Å². The predicted molar refractivity (Wildman–Crippen MR) is 170 cm³/mol. The molecule has 5 nitrogen and oxygen atoms in total. The number of carbonyl (C=O) groups excluding carboxylic acids is 1. The maximum atomic E-state index is 13.7. The molecule has 0 radical (unpaired) electrons. The molecule has 0 saturated carbocycles. The van der Waals surface area contributed by atoms with Gasteiger partial charge in [0.15, 0.2) is 5.78 Å². The van der Waals surface area contributed by atoms with E-state index < -0.39 is 0 Å². The first-order valence-electron chi connectivity index (χ1n) is 15.0. The Labute approximate surface area is 241 Å². The molecule has 6 heteroatoms. The van der Waals surface area contributed by atoms with Crippen molar-refractivity contribution in [2.45, 2.75) is 86.0 Å². The van der Waals surface area contributed by atoms with E-state index in [1.54, 1.807) is 0 Å². The second kappa shape index (κ2) is 18.8. The number of unbranched alkanes of at least 4 members (excludes halogenated alkanes) is 3. The monoisotopic (exact) mass is 554 g/mol. The molecule has 39 heavy (non-hydrogen) atoms. The van der Waals surface area contributed by atoms with Crippen LogP contribution in [0, 0.1) is 0 Å². The van der Waals surface area contributed by atoms with E-state index in [0.29, 0.717) is 17.7 Å². The minimum Gasteiger partial charge on any atom is -0.494 e. The van der Waals surface area contributed by atoms with E-state index in [0.717, 1.165) is 60.4 Å². The number of hydrogen-bond donors (Lipinski definition) is 1. The molecule has 0 atom stereocenters. The van der Waals surface area contributed by atoms with Crippen LogP contribution in [0.3, 0.4) is 0 Å². The topological polar surface area (TPSA) is 54.7 Å². The lowest BCUT2D eigenvalue weighted by Crippen LogP contribution is -2.28. The molecule has 0 bridgehead atoms. The van der Waals surface area contributed by atoms with Crippen molar-refractivity contribution in [2.24, 2.45) is 0 Å². The van der Waals surface area contributed by atoms with E-state index in [9.17, 15) is 4.79 Å². The van der Waals surface area contributed by atoms with Crippen LogP contribution in [0.1, 0.15) is 101 Å². The van der Waals surface area contributed by atoms with Crippen LogP contribution in [0.15, 0.2) is 46.9 Å². The fraction of sp³-hybridized carbons (Fsp3) is 0.545. The van der Waals surface area contributed by atoms with Gasteiger partial charge in [0.05, 0.1) is 12.2 Å². The molecule has 3 aromatic rings. The highest BCUT2D eigenvalue weighted by Gasteiger charge is 2.22. The van der Waals surface area contributed by atoms with Crippen molar-refractivity contribution in [1.82, 2.24) is 4.90 Å². The third-order valence-corrected chi connectivity index (χ3v) is 7.06. The third-order valence-electron chi connectivity index (χ3n) is 6.62. The first kappa shape index (κ1) is 32.8. The molecule has 0 fully saturated rings. The normalized spacial score (nSPS) is 10.9. The zero-order chi connectivity index (χ0) is 28.5. The minimum absolute atomic E-state index is 0.000180. The number of fused-ring (bicyclic) bond motifs is 1. The molecule has 3 rings (SSSR count). The Hall–Kier alpha value is -2.44. The van der Waals surface area contributed by atoms with Gasteiger partial charge in [-0.05, 0) is 81.2 Å². The molecule has 0 aliphatic heterocycles. The predicted octanol–water partition coefficient (Wildman–Crippen LogP) is 9.39. The van der Waals surface area contributed by atoms with E-state index in [4.69, 9.17) is 9.15 Å². The summed E-state index contributed by atoms with van der Waals surface area (Å²) in [6.07, 6.45) is 10.7. The molecule has 1 N–H and O–H groups in total. The molecule has 1 aromatic heterocycles. The first-order chi connectivity index (χ1) is 19.1. The number of aryl methyl sites for hydroxylation is 1. The molecule has 0 unspecified atom stereocenters. The van der Waals surface area contributed by atoms with Gasteiger partial charge in [0.2, 0.25) is 0 Å². The molecule has 0 aliphatic carbocycles. The average molecular weight is 555 g/mol. The number of ether oxygens (including phenoxy) is 1. The van der Waals surface area contributed by atoms with Crippen molar-refractivity contribution in [1.29, 1.82) is 0 Å². The highest BCUT2D eigenvalue weighted by atomic mass is 32.2. The Bertz CT molecular complexity index is 1090. The first-order valence-corrected chi connectivity index (χ1v) is 16.2. The highest BCUT2D eigenvalue weighted by Crippen LogP contribution is 2.32. The summed E-state index contributed by atoms with van der Waals surface area (Å²) in [6, 6.07) is 13.5. The van der Waals surface area contributed by atoms with Crippen molar-refractivity contribution < 1.29 is 13.9 Å². The van der Waals surface area contributed by atoms with Gasteiger partial charge in [-0.2, -0.15) is 0 Å². The summed E-state index contributed by atoms with van der Waals surface area (Å²) < 4.78 is 15.4. The Morgan fingerprint density at radius 2 is 1.54 bits per heavy atom.